The molecule has 1 saturated heterocycles. The molecule has 2 heterocycles. The van der Waals surface area contributed by atoms with Crippen molar-refractivity contribution < 1.29 is 27.8 Å². The first-order valence-corrected chi connectivity index (χ1v) is 11.7. The van der Waals surface area contributed by atoms with Crippen LogP contribution in [0.15, 0.2) is 23.0 Å². The maximum absolute atomic E-state index is 13.2. The number of pyridine rings is 1. The number of nitrogens with one attached hydrogen (secondary N) is 2. The Morgan fingerprint density at radius 3 is 2.64 bits per heavy atom. The first kappa shape index (κ1) is 27.8. The SMILES string of the molecule is Cc1c(Cl)ccc(OC2CCN(C[C@H](O)CNC(=O)c3cc(C#N)c(=O)[nH]c3C(F)(F)F)CC2)c1Cl. The van der Waals surface area contributed by atoms with Gasteiger partial charge in [-0.3, -0.25) is 9.59 Å². The third-order valence-corrected chi connectivity index (χ3v) is 6.65. The van der Waals surface area contributed by atoms with E-state index in [1.807, 2.05) is 4.90 Å². The van der Waals surface area contributed by atoms with E-state index in [-0.39, 0.29) is 19.2 Å². The number of alkyl halides is 3. The average molecular weight is 547 g/mol. The first-order chi connectivity index (χ1) is 16.9. The molecule has 1 aliphatic heterocycles. The fourth-order valence-electron chi connectivity index (χ4n) is 3.80. The summed E-state index contributed by atoms with van der Waals surface area (Å²) in [7, 11) is 0. The van der Waals surface area contributed by atoms with Crippen molar-refractivity contribution in [2.45, 2.75) is 38.1 Å². The largest absolute Gasteiger partial charge is 0.489 e. The van der Waals surface area contributed by atoms with E-state index >= 15 is 0 Å². The van der Waals surface area contributed by atoms with Crippen molar-refractivity contribution in [3.8, 4) is 11.8 Å². The number of β-amino-alcohol motifs (C(OH)–C–C–N with tert-alkyl or cyclic N) is 1. The Labute approximate surface area is 214 Å². The van der Waals surface area contributed by atoms with Gasteiger partial charge in [-0.15, -0.1) is 0 Å². The molecule has 8 nitrogen and oxygen atoms in total. The second kappa shape index (κ2) is 11.5. The number of aromatic nitrogens is 1. The van der Waals surface area contributed by atoms with Crippen LogP contribution in [0.4, 0.5) is 13.2 Å². The highest BCUT2D eigenvalue weighted by molar-refractivity contribution is 6.36. The summed E-state index contributed by atoms with van der Waals surface area (Å²) >= 11 is 12.3. The zero-order valence-corrected chi connectivity index (χ0v) is 20.6. The molecule has 0 bridgehead atoms. The molecule has 1 aromatic heterocycles. The smallest absolute Gasteiger partial charge is 0.432 e. The van der Waals surface area contributed by atoms with Gasteiger partial charge >= 0.3 is 6.18 Å². The molecule has 36 heavy (non-hydrogen) atoms. The lowest BCUT2D eigenvalue weighted by Crippen LogP contribution is -2.45. The molecule has 13 heteroatoms. The van der Waals surface area contributed by atoms with E-state index in [0.717, 1.165) is 5.56 Å². The van der Waals surface area contributed by atoms with Gasteiger partial charge in [0.1, 0.15) is 29.2 Å². The molecular weight excluding hydrogens is 524 g/mol. The van der Waals surface area contributed by atoms with E-state index in [9.17, 15) is 27.9 Å². The number of nitriles is 1. The molecule has 3 N–H and O–H groups in total. The summed E-state index contributed by atoms with van der Waals surface area (Å²) in [6, 6.07) is 5.45. The van der Waals surface area contributed by atoms with E-state index in [2.05, 4.69) is 5.32 Å². The van der Waals surface area contributed by atoms with Crippen LogP contribution in [-0.4, -0.2) is 59.3 Å². The van der Waals surface area contributed by atoms with Crippen LogP contribution in [0.25, 0.3) is 0 Å². The summed E-state index contributed by atoms with van der Waals surface area (Å²) < 4.78 is 45.7. The van der Waals surface area contributed by atoms with Crippen molar-refractivity contribution in [3.05, 3.63) is 61.0 Å². The lowest BCUT2D eigenvalue weighted by atomic mass is 10.1. The topological polar surface area (TPSA) is 118 Å². The summed E-state index contributed by atoms with van der Waals surface area (Å²) in [6.07, 6.45) is -4.86. The third kappa shape index (κ3) is 6.70. The monoisotopic (exact) mass is 546 g/mol. The lowest BCUT2D eigenvalue weighted by molar-refractivity contribution is -0.141. The molecule has 2 aromatic rings. The number of aromatic amines is 1. The van der Waals surface area contributed by atoms with Crippen molar-refractivity contribution >= 4 is 29.1 Å². The number of ether oxygens (including phenoxy) is 1. The van der Waals surface area contributed by atoms with Crippen LogP contribution in [-0.2, 0) is 6.18 Å². The van der Waals surface area contributed by atoms with E-state index in [4.69, 9.17) is 33.2 Å². The van der Waals surface area contributed by atoms with Crippen molar-refractivity contribution in [2.24, 2.45) is 0 Å². The number of halogens is 5. The molecule has 1 amide bonds. The summed E-state index contributed by atoms with van der Waals surface area (Å²) in [5.41, 5.74) is -3.61. The Morgan fingerprint density at radius 2 is 2.03 bits per heavy atom. The van der Waals surface area contributed by atoms with Crippen LogP contribution >= 0.6 is 23.2 Å². The number of H-pyrrole nitrogens is 1. The minimum absolute atomic E-state index is 0.0912. The third-order valence-electron chi connectivity index (χ3n) is 5.77. The molecule has 1 aromatic carbocycles. The molecule has 0 aliphatic carbocycles. The quantitative estimate of drug-likeness (QED) is 0.489. The van der Waals surface area contributed by atoms with Gasteiger partial charge in [0.25, 0.3) is 11.5 Å². The molecule has 1 aliphatic rings. The van der Waals surface area contributed by atoms with Gasteiger partial charge in [0, 0.05) is 31.2 Å². The molecule has 3 rings (SSSR count). The maximum atomic E-state index is 13.2. The number of carbonyl (C=O) groups is 1. The van der Waals surface area contributed by atoms with E-state index in [0.29, 0.717) is 47.8 Å². The highest BCUT2D eigenvalue weighted by Gasteiger charge is 2.37. The fourth-order valence-corrected chi connectivity index (χ4v) is 4.22. The number of rotatable bonds is 7. The Hall–Kier alpha value is -2.78. The number of likely N-dealkylation sites (tertiary alicyclic amines) is 1. The van der Waals surface area contributed by atoms with Crippen molar-refractivity contribution in [2.75, 3.05) is 26.2 Å². The molecule has 0 unspecified atom stereocenters. The fraction of sp³-hybridized carbons (Fsp3) is 0.435. The van der Waals surface area contributed by atoms with Gasteiger partial charge in [0.2, 0.25) is 0 Å². The molecule has 0 radical (unpaired) electrons. The molecule has 0 spiro atoms. The minimum Gasteiger partial charge on any atom is -0.489 e. The summed E-state index contributed by atoms with van der Waals surface area (Å²) in [6.45, 7) is 2.82. The number of hydrogen-bond acceptors (Lipinski definition) is 6. The van der Waals surface area contributed by atoms with Crippen LogP contribution in [0, 0.1) is 18.3 Å². The molecule has 194 valence electrons. The van der Waals surface area contributed by atoms with E-state index in [1.165, 1.54) is 11.1 Å². The van der Waals surface area contributed by atoms with Gasteiger partial charge in [0.05, 0.1) is 16.7 Å². The van der Waals surface area contributed by atoms with Gasteiger partial charge in [-0.2, -0.15) is 18.4 Å². The number of benzene rings is 1. The molecular formula is C23H23Cl2F3N4O4. The summed E-state index contributed by atoms with van der Waals surface area (Å²) in [4.78, 5) is 27.4. The van der Waals surface area contributed by atoms with Gasteiger partial charge in [0.15, 0.2) is 0 Å². The number of nitrogens with zero attached hydrogens (tertiary/aromatic N) is 2. The average Bonchev–Trinajstić information content (AvgIpc) is 2.83. The van der Waals surface area contributed by atoms with Crippen LogP contribution < -0.4 is 15.6 Å². The second-order valence-electron chi connectivity index (χ2n) is 8.38. The van der Waals surface area contributed by atoms with E-state index in [1.54, 1.807) is 19.1 Å². The molecule has 1 fully saturated rings. The normalized spacial score (nSPS) is 15.8. The summed E-state index contributed by atoms with van der Waals surface area (Å²) in [5, 5.41) is 22.5. The van der Waals surface area contributed by atoms with Crippen LogP contribution in [0.1, 0.15) is 40.0 Å². The van der Waals surface area contributed by atoms with Crippen molar-refractivity contribution in [3.63, 3.8) is 0 Å². The Bertz CT molecular complexity index is 1220. The van der Waals surface area contributed by atoms with Gasteiger partial charge in [-0.25, -0.2) is 0 Å². The Balaban J connectivity index is 1.52. The standard InChI is InChI=1S/C23H23Cl2F3N4O4/c1-12-17(24)2-3-18(19(12)25)36-15-4-6-32(7-5-15)11-14(33)10-30-22(35)16-8-13(9-29)21(34)31-20(16)23(26,27)28/h2-3,8,14-15,33H,4-7,10-11H2,1H3,(H,30,35)(H,31,34)/t14-/m1/s1. The number of hydrogen-bond donors (Lipinski definition) is 3. The number of carbonyl (C=O) groups excluding carboxylic acids is 1. The summed E-state index contributed by atoms with van der Waals surface area (Å²) in [5.74, 6) is -0.629. The number of piperidine rings is 1. The van der Waals surface area contributed by atoms with Crippen molar-refractivity contribution in [1.82, 2.24) is 15.2 Å². The van der Waals surface area contributed by atoms with Crippen LogP contribution in [0.3, 0.4) is 0 Å². The minimum atomic E-state index is -5.01. The molecule has 1 atom stereocenters. The Kier molecular flexibility index (Phi) is 8.89. The van der Waals surface area contributed by atoms with Crippen LogP contribution in [0.5, 0.6) is 5.75 Å². The lowest BCUT2D eigenvalue weighted by Gasteiger charge is -2.33. The predicted octanol–water partition coefficient (Wildman–Crippen LogP) is 3.51. The second-order valence-corrected chi connectivity index (χ2v) is 9.16. The van der Waals surface area contributed by atoms with Gasteiger partial charge in [-0.05, 0) is 43.5 Å². The number of aliphatic hydroxyl groups excluding tert-OH is 1. The highest BCUT2D eigenvalue weighted by atomic mass is 35.5. The van der Waals surface area contributed by atoms with Crippen molar-refractivity contribution in [1.29, 1.82) is 5.26 Å². The highest BCUT2D eigenvalue weighted by Crippen LogP contribution is 2.34. The number of amides is 1. The van der Waals surface area contributed by atoms with Gasteiger partial charge in [-0.1, -0.05) is 23.2 Å². The number of aliphatic hydroxyl groups is 1. The first-order valence-electron chi connectivity index (χ1n) is 10.9. The zero-order chi connectivity index (χ0) is 26.6. The predicted molar refractivity (Wildman–Crippen MR) is 126 cm³/mol. The maximum Gasteiger partial charge on any atom is 0.432 e. The van der Waals surface area contributed by atoms with E-state index < -0.39 is 40.6 Å². The van der Waals surface area contributed by atoms with Crippen LogP contribution in [0.2, 0.25) is 10.0 Å². The molecule has 0 saturated carbocycles. The Morgan fingerprint density at radius 1 is 1.36 bits per heavy atom. The van der Waals surface area contributed by atoms with Gasteiger partial charge < -0.3 is 25.0 Å². The zero-order valence-electron chi connectivity index (χ0n) is 19.1.